The van der Waals surface area contributed by atoms with Crippen LogP contribution in [0.2, 0.25) is 0 Å². The number of H-pyrrole nitrogens is 1. The first-order chi connectivity index (χ1) is 13.6. The number of ether oxygens (including phenoxy) is 2. The maximum absolute atomic E-state index is 12.5. The van der Waals surface area contributed by atoms with E-state index >= 15 is 0 Å². The lowest BCUT2D eigenvalue weighted by atomic mass is 10.1. The molecule has 2 heterocycles. The number of nitrogens with zero attached hydrogens (tertiary/aromatic N) is 2. The molecule has 150 valence electrons. The molecule has 0 bridgehead atoms. The molecule has 1 amide bonds. The van der Waals surface area contributed by atoms with Gasteiger partial charge < -0.3 is 19.7 Å². The third-order valence-electron chi connectivity index (χ3n) is 4.64. The van der Waals surface area contributed by atoms with Crippen LogP contribution < -0.4 is 15.8 Å². The van der Waals surface area contributed by atoms with E-state index in [1.54, 1.807) is 14.0 Å². The van der Waals surface area contributed by atoms with Crippen molar-refractivity contribution in [1.29, 1.82) is 0 Å². The Bertz CT molecular complexity index is 875. The van der Waals surface area contributed by atoms with Gasteiger partial charge in [-0.25, -0.2) is 4.98 Å². The minimum absolute atomic E-state index is 0.148. The zero-order chi connectivity index (χ0) is 19.9. The molecule has 8 nitrogen and oxygen atoms in total. The number of carbonyl (C=O) groups excluding carboxylic acids is 1. The molecule has 0 saturated carbocycles. The van der Waals surface area contributed by atoms with Gasteiger partial charge in [-0.05, 0) is 31.0 Å². The Labute approximate surface area is 163 Å². The first-order valence-electron chi connectivity index (χ1n) is 9.37. The lowest BCUT2D eigenvalue weighted by Crippen LogP contribution is -2.38. The predicted octanol–water partition coefficient (Wildman–Crippen LogP) is 1.63. The van der Waals surface area contributed by atoms with Crippen molar-refractivity contribution in [3.05, 3.63) is 51.4 Å². The molecule has 1 saturated heterocycles. The highest BCUT2D eigenvalue weighted by atomic mass is 16.5. The van der Waals surface area contributed by atoms with Crippen LogP contribution in [-0.4, -0.2) is 49.3 Å². The molecular formula is C20H26N4O4. The number of amides is 1. The van der Waals surface area contributed by atoms with E-state index in [0.717, 1.165) is 5.56 Å². The van der Waals surface area contributed by atoms with E-state index < -0.39 is 0 Å². The minimum Gasteiger partial charge on any atom is -0.380 e. The van der Waals surface area contributed by atoms with Crippen LogP contribution in [0.3, 0.4) is 0 Å². The Morgan fingerprint density at radius 2 is 2.14 bits per heavy atom. The molecule has 1 aromatic heterocycles. The van der Waals surface area contributed by atoms with Crippen molar-refractivity contribution >= 4 is 17.5 Å². The number of hydrogen-bond acceptors (Lipinski definition) is 6. The molecule has 1 aliphatic heterocycles. The summed E-state index contributed by atoms with van der Waals surface area (Å²) in [5.41, 5.74) is 2.70. The number of benzene rings is 1. The molecule has 8 heteroatoms. The molecular weight excluding hydrogens is 360 g/mol. The summed E-state index contributed by atoms with van der Waals surface area (Å²) < 4.78 is 10.4. The maximum atomic E-state index is 12.5. The molecule has 3 rings (SSSR count). The summed E-state index contributed by atoms with van der Waals surface area (Å²) in [4.78, 5) is 34.1. The second-order valence-electron chi connectivity index (χ2n) is 6.73. The lowest BCUT2D eigenvalue weighted by molar-refractivity contribution is -0.116. The number of anilines is 2. The molecule has 28 heavy (non-hydrogen) atoms. The number of aryl methyl sites for hydroxylation is 1. The van der Waals surface area contributed by atoms with Gasteiger partial charge in [0.2, 0.25) is 11.9 Å². The quantitative estimate of drug-likeness (QED) is 0.751. The Balaban J connectivity index is 1.61. The average molecular weight is 386 g/mol. The number of hydrogen-bond donors (Lipinski definition) is 2. The zero-order valence-electron chi connectivity index (χ0n) is 16.3. The van der Waals surface area contributed by atoms with E-state index in [2.05, 4.69) is 15.3 Å². The lowest BCUT2D eigenvalue weighted by Gasteiger charge is -2.27. The van der Waals surface area contributed by atoms with Crippen molar-refractivity contribution in [2.24, 2.45) is 0 Å². The van der Waals surface area contributed by atoms with Crippen molar-refractivity contribution in [2.75, 3.05) is 43.6 Å². The standard InChI is InChI=1S/C20H26N4O4/c1-14-17(19(26)23-20(21-14)24-8-10-28-11-9-24)6-7-18(25)22-16-5-3-4-15(12-16)13-27-2/h3-5,12H,6-11,13H2,1-2H3,(H,22,25)(H,21,23,26). The van der Waals surface area contributed by atoms with Crippen LogP contribution in [0.15, 0.2) is 29.1 Å². The maximum Gasteiger partial charge on any atom is 0.255 e. The van der Waals surface area contributed by atoms with Crippen molar-refractivity contribution in [1.82, 2.24) is 9.97 Å². The number of nitrogens with one attached hydrogen (secondary N) is 2. The van der Waals surface area contributed by atoms with E-state index in [0.29, 0.717) is 62.2 Å². The van der Waals surface area contributed by atoms with E-state index in [1.165, 1.54) is 0 Å². The Morgan fingerprint density at radius 1 is 1.36 bits per heavy atom. The molecule has 0 radical (unpaired) electrons. The second kappa shape index (κ2) is 9.48. The van der Waals surface area contributed by atoms with Crippen LogP contribution >= 0.6 is 0 Å². The van der Waals surface area contributed by atoms with Crippen molar-refractivity contribution in [3.8, 4) is 0 Å². The second-order valence-corrected chi connectivity index (χ2v) is 6.73. The van der Waals surface area contributed by atoms with Gasteiger partial charge in [0.1, 0.15) is 0 Å². The van der Waals surface area contributed by atoms with Crippen LogP contribution in [-0.2, 0) is 27.3 Å². The third kappa shape index (κ3) is 5.17. The molecule has 1 fully saturated rings. The normalized spacial score (nSPS) is 14.1. The smallest absolute Gasteiger partial charge is 0.255 e. The van der Waals surface area contributed by atoms with E-state index in [1.807, 2.05) is 29.2 Å². The van der Waals surface area contributed by atoms with Gasteiger partial charge in [0.25, 0.3) is 5.56 Å². The monoisotopic (exact) mass is 386 g/mol. The van der Waals surface area contributed by atoms with Gasteiger partial charge in [-0.3, -0.25) is 14.6 Å². The van der Waals surface area contributed by atoms with Gasteiger partial charge in [0, 0.05) is 43.6 Å². The Hall–Kier alpha value is -2.71. The fourth-order valence-electron chi connectivity index (χ4n) is 3.18. The summed E-state index contributed by atoms with van der Waals surface area (Å²) in [5, 5.41) is 2.86. The number of morpholine rings is 1. The molecule has 0 aliphatic carbocycles. The zero-order valence-corrected chi connectivity index (χ0v) is 16.3. The summed E-state index contributed by atoms with van der Waals surface area (Å²) in [6.07, 6.45) is 0.540. The number of rotatable bonds is 7. The summed E-state index contributed by atoms with van der Waals surface area (Å²) in [5.74, 6) is 0.416. The Morgan fingerprint density at radius 3 is 2.86 bits per heavy atom. The Kier molecular flexibility index (Phi) is 6.78. The summed E-state index contributed by atoms with van der Waals surface area (Å²) in [7, 11) is 1.63. The van der Waals surface area contributed by atoms with Crippen LogP contribution in [0.5, 0.6) is 0 Å². The largest absolute Gasteiger partial charge is 0.380 e. The van der Waals surface area contributed by atoms with E-state index in [4.69, 9.17) is 9.47 Å². The highest BCUT2D eigenvalue weighted by molar-refractivity contribution is 5.90. The van der Waals surface area contributed by atoms with Gasteiger partial charge in [-0.2, -0.15) is 0 Å². The van der Waals surface area contributed by atoms with Crippen molar-refractivity contribution in [2.45, 2.75) is 26.4 Å². The molecule has 0 spiro atoms. The van der Waals surface area contributed by atoms with Crippen LogP contribution in [0.1, 0.15) is 23.2 Å². The van der Waals surface area contributed by atoms with Crippen LogP contribution in [0, 0.1) is 6.92 Å². The van der Waals surface area contributed by atoms with Gasteiger partial charge in [0.15, 0.2) is 0 Å². The number of aromatic nitrogens is 2. The van der Waals surface area contributed by atoms with Crippen molar-refractivity contribution in [3.63, 3.8) is 0 Å². The first-order valence-corrected chi connectivity index (χ1v) is 9.37. The fraction of sp³-hybridized carbons (Fsp3) is 0.450. The predicted molar refractivity (Wildman–Crippen MR) is 107 cm³/mol. The van der Waals surface area contributed by atoms with Gasteiger partial charge in [0.05, 0.1) is 19.8 Å². The van der Waals surface area contributed by atoms with Crippen LogP contribution in [0.4, 0.5) is 11.6 Å². The molecule has 0 atom stereocenters. The number of carbonyl (C=O) groups is 1. The summed E-state index contributed by atoms with van der Waals surface area (Å²) in [6, 6.07) is 7.50. The van der Waals surface area contributed by atoms with Crippen molar-refractivity contribution < 1.29 is 14.3 Å². The highest BCUT2D eigenvalue weighted by Crippen LogP contribution is 2.14. The molecule has 1 aromatic carbocycles. The van der Waals surface area contributed by atoms with Gasteiger partial charge >= 0.3 is 0 Å². The highest BCUT2D eigenvalue weighted by Gasteiger charge is 2.16. The fourth-order valence-corrected chi connectivity index (χ4v) is 3.18. The summed E-state index contributed by atoms with van der Waals surface area (Å²) in [6.45, 7) is 4.94. The average Bonchev–Trinajstić information content (AvgIpc) is 2.68. The molecule has 2 aromatic rings. The molecule has 1 aliphatic rings. The first kappa shape index (κ1) is 20.0. The van der Waals surface area contributed by atoms with E-state index in [9.17, 15) is 9.59 Å². The molecule has 0 unspecified atom stereocenters. The van der Waals surface area contributed by atoms with Gasteiger partial charge in [-0.15, -0.1) is 0 Å². The van der Waals surface area contributed by atoms with Crippen LogP contribution in [0.25, 0.3) is 0 Å². The van der Waals surface area contributed by atoms with Gasteiger partial charge in [-0.1, -0.05) is 12.1 Å². The number of aromatic amines is 1. The topological polar surface area (TPSA) is 96.5 Å². The number of methoxy groups -OCH3 is 1. The molecule has 2 N–H and O–H groups in total. The minimum atomic E-state index is -0.191. The summed E-state index contributed by atoms with van der Waals surface area (Å²) >= 11 is 0. The van der Waals surface area contributed by atoms with E-state index in [-0.39, 0.29) is 17.9 Å². The third-order valence-corrected chi connectivity index (χ3v) is 4.64. The SMILES string of the molecule is COCc1cccc(NC(=O)CCc2c(C)nc(N3CCOCC3)[nH]c2=O)c1.